The summed E-state index contributed by atoms with van der Waals surface area (Å²) in [5, 5.41) is 12.4. The van der Waals surface area contributed by atoms with Gasteiger partial charge < -0.3 is 15.2 Å². The van der Waals surface area contributed by atoms with E-state index in [1.54, 1.807) is 24.4 Å². The second-order valence-electron chi connectivity index (χ2n) is 4.73. The lowest BCUT2D eigenvalue weighted by Crippen LogP contribution is -2.11. The Labute approximate surface area is 118 Å². The van der Waals surface area contributed by atoms with Crippen molar-refractivity contribution in [3.63, 3.8) is 0 Å². The summed E-state index contributed by atoms with van der Waals surface area (Å²) in [7, 11) is 0. The van der Waals surface area contributed by atoms with Crippen molar-refractivity contribution in [2.24, 2.45) is 0 Å². The van der Waals surface area contributed by atoms with Crippen LogP contribution in [0.5, 0.6) is 11.6 Å². The average Bonchev–Trinajstić information content (AvgIpc) is 2.41. The van der Waals surface area contributed by atoms with Crippen molar-refractivity contribution in [3.8, 4) is 11.6 Å². The van der Waals surface area contributed by atoms with Gasteiger partial charge in [-0.15, -0.1) is 0 Å². The molecule has 2 N–H and O–H groups in total. The van der Waals surface area contributed by atoms with Crippen molar-refractivity contribution < 1.29 is 9.84 Å². The van der Waals surface area contributed by atoms with Crippen LogP contribution in [0.3, 0.4) is 0 Å². The summed E-state index contributed by atoms with van der Waals surface area (Å²) >= 11 is 0. The van der Waals surface area contributed by atoms with Crippen LogP contribution >= 0.6 is 0 Å². The first kappa shape index (κ1) is 14.1. The lowest BCUT2D eigenvalue weighted by Gasteiger charge is -2.10. The summed E-state index contributed by atoms with van der Waals surface area (Å²) in [4.78, 5) is 8.42. The molecule has 1 heterocycles. The van der Waals surface area contributed by atoms with E-state index >= 15 is 0 Å². The Balaban J connectivity index is 1.86. The molecule has 0 bridgehead atoms. The summed E-state index contributed by atoms with van der Waals surface area (Å²) in [6.45, 7) is 4.63. The van der Waals surface area contributed by atoms with Crippen LogP contribution in [0.2, 0.25) is 0 Å². The summed E-state index contributed by atoms with van der Waals surface area (Å²) in [5.41, 5.74) is 1.14. The summed E-state index contributed by atoms with van der Waals surface area (Å²) < 4.78 is 5.51. The molecule has 0 amide bonds. The van der Waals surface area contributed by atoms with Crippen molar-refractivity contribution in [1.82, 2.24) is 9.97 Å². The zero-order valence-corrected chi connectivity index (χ0v) is 11.7. The van der Waals surface area contributed by atoms with Crippen molar-refractivity contribution >= 4 is 5.95 Å². The maximum Gasteiger partial charge on any atom is 0.225 e. The third kappa shape index (κ3) is 4.42. The van der Waals surface area contributed by atoms with E-state index < -0.39 is 0 Å². The Morgan fingerprint density at radius 1 is 1.20 bits per heavy atom. The Hall–Kier alpha value is -2.30. The first-order valence-corrected chi connectivity index (χ1v) is 6.65. The number of phenols is 1. The number of rotatable bonds is 6. The van der Waals surface area contributed by atoms with Gasteiger partial charge in [-0.1, -0.05) is 12.1 Å². The number of nitrogens with one attached hydrogen (secondary N) is 1. The average molecular weight is 273 g/mol. The van der Waals surface area contributed by atoms with Crippen LogP contribution in [-0.4, -0.2) is 27.7 Å². The fraction of sp³-hybridized carbons (Fsp3) is 0.333. The SMILES string of the molecule is CC(C)Oc1ccnc(NCCc2ccc(O)cc2)n1. The molecule has 0 saturated carbocycles. The minimum absolute atomic E-state index is 0.0924. The van der Waals surface area contributed by atoms with Gasteiger partial charge in [0, 0.05) is 18.8 Å². The Morgan fingerprint density at radius 2 is 1.95 bits per heavy atom. The Bertz CT molecular complexity index is 541. The lowest BCUT2D eigenvalue weighted by atomic mass is 10.1. The highest BCUT2D eigenvalue weighted by molar-refractivity contribution is 5.29. The summed E-state index contributed by atoms with van der Waals surface area (Å²) in [6, 6.07) is 8.91. The van der Waals surface area contributed by atoms with Crippen LogP contribution in [0.15, 0.2) is 36.5 Å². The molecule has 20 heavy (non-hydrogen) atoms. The molecule has 0 aliphatic carbocycles. The molecule has 0 radical (unpaired) electrons. The zero-order valence-electron chi connectivity index (χ0n) is 11.7. The molecule has 0 saturated heterocycles. The number of anilines is 1. The molecule has 2 aromatic rings. The normalized spacial score (nSPS) is 10.6. The molecule has 0 atom stereocenters. The maximum atomic E-state index is 9.21. The number of benzene rings is 1. The topological polar surface area (TPSA) is 67.3 Å². The van der Waals surface area contributed by atoms with E-state index in [9.17, 15) is 5.11 Å². The molecule has 0 spiro atoms. The van der Waals surface area contributed by atoms with Gasteiger partial charge in [0.25, 0.3) is 0 Å². The number of aromatic nitrogens is 2. The minimum atomic E-state index is 0.0924. The van der Waals surface area contributed by atoms with Crippen LogP contribution < -0.4 is 10.1 Å². The summed E-state index contributed by atoms with van der Waals surface area (Å²) in [5.74, 6) is 1.41. The molecule has 5 heteroatoms. The van der Waals surface area contributed by atoms with E-state index in [1.165, 1.54) is 0 Å². The first-order valence-electron chi connectivity index (χ1n) is 6.65. The predicted octanol–water partition coefficient (Wildman–Crippen LogP) is 2.62. The number of hydrogen-bond acceptors (Lipinski definition) is 5. The van der Waals surface area contributed by atoms with Gasteiger partial charge in [0.05, 0.1) is 6.10 Å². The third-order valence-corrected chi connectivity index (χ3v) is 2.62. The smallest absolute Gasteiger partial charge is 0.225 e. The van der Waals surface area contributed by atoms with Crippen LogP contribution in [0.1, 0.15) is 19.4 Å². The van der Waals surface area contributed by atoms with E-state index in [1.807, 2.05) is 26.0 Å². The van der Waals surface area contributed by atoms with Gasteiger partial charge in [-0.2, -0.15) is 4.98 Å². The molecule has 0 unspecified atom stereocenters. The maximum absolute atomic E-state index is 9.21. The van der Waals surface area contributed by atoms with Crippen LogP contribution in [0.25, 0.3) is 0 Å². The van der Waals surface area contributed by atoms with Gasteiger partial charge in [-0.3, -0.25) is 0 Å². The van der Waals surface area contributed by atoms with Crippen molar-refractivity contribution in [2.45, 2.75) is 26.4 Å². The lowest BCUT2D eigenvalue weighted by molar-refractivity contribution is 0.232. The van der Waals surface area contributed by atoms with Gasteiger partial charge in [-0.25, -0.2) is 4.98 Å². The molecule has 5 nitrogen and oxygen atoms in total. The fourth-order valence-corrected chi connectivity index (χ4v) is 1.72. The monoisotopic (exact) mass is 273 g/mol. The van der Waals surface area contributed by atoms with E-state index in [-0.39, 0.29) is 11.9 Å². The largest absolute Gasteiger partial charge is 0.508 e. The first-order chi connectivity index (χ1) is 9.63. The molecule has 0 fully saturated rings. The van der Waals surface area contributed by atoms with Gasteiger partial charge in [0.1, 0.15) is 5.75 Å². The van der Waals surface area contributed by atoms with Gasteiger partial charge >= 0.3 is 0 Å². The highest BCUT2D eigenvalue weighted by atomic mass is 16.5. The van der Waals surface area contributed by atoms with Crippen molar-refractivity contribution in [3.05, 3.63) is 42.1 Å². The quantitative estimate of drug-likeness (QED) is 0.847. The molecule has 106 valence electrons. The fourth-order valence-electron chi connectivity index (χ4n) is 1.72. The molecule has 1 aromatic carbocycles. The third-order valence-electron chi connectivity index (χ3n) is 2.62. The number of hydrogen-bond donors (Lipinski definition) is 2. The highest BCUT2D eigenvalue weighted by Gasteiger charge is 2.02. The molecule has 0 aliphatic heterocycles. The minimum Gasteiger partial charge on any atom is -0.508 e. The Kier molecular flexibility index (Phi) is 4.76. The van der Waals surface area contributed by atoms with Crippen molar-refractivity contribution in [2.75, 3.05) is 11.9 Å². The second kappa shape index (κ2) is 6.75. The van der Waals surface area contributed by atoms with E-state index in [2.05, 4.69) is 15.3 Å². The molecule has 2 rings (SSSR count). The second-order valence-corrected chi connectivity index (χ2v) is 4.73. The van der Waals surface area contributed by atoms with E-state index in [0.717, 1.165) is 18.5 Å². The molecule has 0 aliphatic rings. The highest BCUT2D eigenvalue weighted by Crippen LogP contribution is 2.12. The molecule has 1 aromatic heterocycles. The van der Waals surface area contributed by atoms with Gasteiger partial charge in [-0.05, 0) is 38.0 Å². The Morgan fingerprint density at radius 3 is 2.65 bits per heavy atom. The standard InChI is InChI=1S/C15H19N3O2/c1-11(2)20-14-8-10-17-15(18-14)16-9-7-12-3-5-13(19)6-4-12/h3-6,8,10-11,19H,7,9H2,1-2H3,(H,16,17,18). The number of aromatic hydroxyl groups is 1. The van der Waals surface area contributed by atoms with E-state index in [0.29, 0.717) is 11.8 Å². The van der Waals surface area contributed by atoms with Crippen LogP contribution in [-0.2, 0) is 6.42 Å². The van der Waals surface area contributed by atoms with Gasteiger partial charge in [0.15, 0.2) is 0 Å². The van der Waals surface area contributed by atoms with Crippen molar-refractivity contribution in [1.29, 1.82) is 0 Å². The molecular formula is C15H19N3O2. The molecular weight excluding hydrogens is 254 g/mol. The van der Waals surface area contributed by atoms with E-state index in [4.69, 9.17) is 4.74 Å². The zero-order chi connectivity index (χ0) is 14.4. The predicted molar refractivity (Wildman–Crippen MR) is 78.1 cm³/mol. The van der Waals surface area contributed by atoms with Gasteiger partial charge in [0.2, 0.25) is 11.8 Å². The number of nitrogens with zero attached hydrogens (tertiary/aromatic N) is 2. The van der Waals surface area contributed by atoms with Crippen LogP contribution in [0.4, 0.5) is 5.95 Å². The number of phenolic OH excluding ortho intramolecular Hbond substituents is 1. The summed E-state index contributed by atoms with van der Waals surface area (Å²) in [6.07, 6.45) is 2.60. The number of ether oxygens (including phenoxy) is 1. The van der Waals surface area contributed by atoms with Crippen LogP contribution in [0, 0.1) is 0 Å².